The molecule has 0 bridgehead atoms. The second-order valence-corrected chi connectivity index (χ2v) is 8.55. The molecule has 154 valence electrons. The van der Waals surface area contributed by atoms with E-state index in [1.165, 1.54) is 17.8 Å². The van der Waals surface area contributed by atoms with Gasteiger partial charge in [0.15, 0.2) is 5.16 Å². The Morgan fingerprint density at radius 2 is 1.84 bits per heavy atom. The Morgan fingerprint density at radius 3 is 2.65 bits per heavy atom. The van der Waals surface area contributed by atoms with Gasteiger partial charge in [-0.15, -0.1) is 0 Å². The third kappa shape index (κ3) is 3.42. The number of benzene rings is 3. The third-order valence-corrected chi connectivity index (χ3v) is 6.58. The minimum atomic E-state index is -0.377. The number of aromatic amines is 1. The lowest BCUT2D eigenvalue weighted by Crippen LogP contribution is -2.22. The lowest BCUT2D eigenvalue weighted by Gasteiger charge is -2.14. The van der Waals surface area contributed by atoms with Crippen LogP contribution in [0, 0.1) is 12.7 Å². The molecule has 5 aromatic rings. The van der Waals surface area contributed by atoms with Gasteiger partial charge < -0.3 is 4.98 Å². The summed E-state index contributed by atoms with van der Waals surface area (Å²) in [7, 11) is 0. The van der Waals surface area contributed by atoms with Crippen molar-refractivity contribution in [3.8, 4) is 5.69 Å². The van der Waals surface area contributed by atoms with Crippen molar-refractivity contribution in [3.05, 3.63) is 99.1 Å². The number of hydrogen-bond acceptors (Lipinski definition) is 3. The van der Waals surface area contributed by atoms with Crippen molar-refractivity contribution in [3.63, 3.8) is 0 Å². The van der Waals surface area contributed by atoms with Crippen LogP contribution < -0.4 is 5.56 Å². The Kier molecular flexibility index (Phi) is 5.04. The number of H-pyrrole nitrogens is 1. The highest BCUT2D eigenvalue weighted by Crippen LogP contribution is 2.31. The molecule has 4 nitrogen and oxygen atoms in total. The smallest absolute Gasteiger partial charge is 0.283 e. The van der Waals surface area contributed by atoms with Crippen LogP contribution in [0.4, 0.5) is 4.39 Å². The lowest BCUT2D eigenvalue weighted by molar-refractivity contribution is 0.617. The van der Waals surface area contributed by atoms with Gasteiger partial charge in [0.05, 0.1) is 5.69 Å². The topological polar surface area (TPSA) is 50.7 Å². The molecule has 2 aromatic heterocycles. The van der Waals surface area contributed by atoms with Gasteiger partial charge in [-0.3, -0.25) is 9.36 Å². The van der Waals surface area contributed by atoms with Gasteiger partial charge in [0.25, 0.3) is 5.56 Å². The molecule has 1 N–H and O–H groups in total. The molecule has 0 aliphatic heterocycles. The summed E-state index contributed by atoms with van der Waals surface area (Å²) in [6, 6.07) is 19.9. The highest BCUT2D eigenvalue weighted by molar-refractivity contribution is 7.98. The van der Waals surface area contributed by atoms with E-state index in [4.69, 9.17) is 16.6 Å². The Balaban J connectivity index is 1.75. The van der Waals surface area contributed by atoms with Crippen molar-refractivity contribution in [1.82, 2.24) is 14.5 Å². The molecule has 0 amide bonds. The summed E-state index contributed by atoms with van der Waals surface area (Å²) in [5.41, 5.74) is 3.76. The first kappa shape index (κ1) is 19.8. The molecule has 2 heterocycles. The first-order valence-electron chi connectivity index (χ1n) is 9.70. The van der Waals surface area contributed by atoms with Gasteiger partial charge in [-0.25, -0.2) is 9.37 Å². The predicted octanol–water partition coefficient (Wildman–Crippen LogP) is 6.26. The first-order chi connectivity index (χ1) is 15.0. The van der Waals surface area contributed by atoms with Crippen LogP contribution in [-0.4, -0.2) is 14.5 Å². The highest BCUT2D eigenvalue weighted by atomic mass is 35.5. The van der Waals surface area contributed by atoms with Gasteiger partial charge in [0, 0.05) is 27.2 Å². The van der Waals surface area contributed by atoms with Crippen LogP contribution in [0.2, 0.25) is 5.02 Å². The quantitative estimate of drug-likeness (QED) is 0.260. The number of nitrogens with zero attached hydrogens (tertiary/aromatic N) is 2. The van der Waals surface area contributed by atoms with Crippen molar-refractivity contribution < 1.29 is 4.39 Å². The fourth-order valence-electron chi connectivity index (χ4n) is 3.67. The fraction of sp³-hybridized carbons (Fsp3) is 0.0833. The molecule has 5 rings (SSSR count). The van der Waals surface area contributed by atoms with E-state index < -0.39 is 0 Å². The van der Waals surface area contributed by atoms with E-state index in [9.17, 15) is 9.18 Å². The van der Waals surface area contributed by atoms with E-state index >= 15 is 0 Å². The van der Waals surface area contributed by atoms with Crippen LogP contribution in [0.5, 0.6) is 0 Å². The Hall–Kier alpha value is -3.09. The molecule has 3 aromatic carbocycles. The second-order valence-electron chi connectivity index (χ2n) is 7.20. The number of rotatable bonds is 4. The summed E-state index contributed by atoms with van der Waals surface area (Å²) in [5, 5.41) is 1.71. The SMILES string of the molecule is Cc1ccccc1-n1c(SCc2c(F)cccc2Cl)nc2c([nH]c3ccccc32)c1=O. The zero-order valence-electron chi connectivity index (χ0n) is 16.5. The first-order valence-corrected chi connectivity index (χ1v) is 11.1. The number of para-hydroxylation sites is 2. The molecule has 0 fully saturated rings. The van der Waals surface area contributed by atoms with Crippen molar-refractivity contribution >= 4 is 45.3 Å². The Bertz CT molecular complexity index is 1490. The summed E-state index contributed by atoms with van der Waals surface area (Å²) in [6.07, 6.45) is 0. The molecule has 0 aliphatic rings. The molecule has 0 atom stereocenters. The van der Waals surface area contributed by atoms with E-state index in [-0.39, 0.29) is 17.1 Å². The minimum absolute atomic E-state index is 0.197. The average Bonchev–Trinajstić information content (AvgIpc) is 3.14. The zero-order valence-corrected chi connectivity index (χ0v) is 18.1. The number of fused-ring (bicyclic) bond motifs is 3. The molecule has 0 aliphatic carbocycles. The minimum Gasteiger partial charge on any atom is -0.349 e. The van der Waals surface area contributed by atoms with Gasteiger partial charge in [-0.1, -0.05) is 65.8 Å². The number of hydrogen-bond donors (Lipinski definition) is 1. The summed E-state index contributed by atoms with van der Waals surface area (Å²) in [6.45, 7) is 1.94. The van der Waals surface area contributed by atoms with Crippen LogP contribution in [0.15, 0.2) is 76.7 Å². The summed E-state index contributed by atoms with van der Waals surface area (Å²) in [4.78, 5) is 21.6. The molecule has 31 heavy (non-hydrogen) atoms. The number of nitrogens with one attached hydrogen (secondary N) is 1. The van der Waals surface area contributed by atoms with Crippen molar-refractivity contribution in [2.45, 2.75) is 17.8 Å². The van der Waals surface area contributed by atoms with Crippen LogP contribution in [-0.2, 0) is 5.75 Å². The zero-order chi connectivity index (χ0) is 21.5. The number of aryl methyl sites for hydroxylation is 1. The molecule has 7 heteroatoms. The monoisotopic (exact) mass is 449 g/mol. The summed E-state index contributed by atoms with van der Waals surface area (Å²) >= 11 is 7.50. The van der Waals surface area contributed by atoms with Crippen LogP contribution in [0.1, 0.15) is 11.1 Å². The number of halogens is 2. The van der Waals surface area contributed by atoms with Gasteiger partial charge in [0.2, 0.25) is 0 Å². The van der Waals surface area contributed by atoms with Crippen LogP contribution in [0.3, 0.4) is 0 Å². The number of thioether (sulfide) groups is 1. The molecule has 0 saturated carbocycles. The Labute approximate surface area is 186 Å². The van der Waals surface area contributed by atoms with Crippen molar-refractivity contribution in [1.29, 1.82) is 0 Å². The summed E-state index contributed by atoms with van der Waals surface area (Å²) < 4.78 is 15.9. The van der Waals surface area contributed by atoms with E-state index in [0.717, 1.165) is 22.2 Å². The van der Waals surface area contributed by atoms with Gasteiger partial charge in [0.1, 0.15) is 16.9 Å². The second kappa shape index (κ2) is 7.87. The largest absolute Gasteiger partial charge is 0.349 e. The van der Waals surface area contributed by atoms with Crippen molar-refractivity contribution in [2.75, 3.05) is 0 Å². The van der Waals surface area contributed by atoms with E-state index in [2.05, 4.69) is 4.98 Å². The van der Waals surface area contributed by atoms with E-state index in [1.54, 1.807) is 16.7 Å². The normalized spacial score (nSPS) is 11.5. The van der Waals surface area contributed by atoms with Gasteiger partial charge in [-0.05, 0) is 36.8 Å². The number of aromatic nitrogens is 3. The third-order valence-electron chi connectivity index (χ3n) is 5.26. The van der Waals surface area contributed by atoms with E-state index in [1.807, 2.05) is 55.5 Å². The van der Waals surface area contributed by atoms with Gasteiger partial charge >= 0.3 is 0 Å². The standard InChI is InChI=1S/C24H17ClFN3OS/c1-14-7-2-5-12-20(14)29-23(30)22-21(15-8-3-4-11-19(15)27-22)28-24(29)31-13-16-17(25)9-6-10-18(16)26/h2-12,27H,13H2,1H3. The molecule has 0 unspecified atom stereocenters. The molecular weight excluding hydrogens is 433 g/mol. The summed E-state index contributed by atoms with van der Waals surface area (Å²) in [5.74, 6) is -0.129. The maximum Gasteiger partial charge on any atom is 0.283 e. The molecule has 0 saturated heterocycles. The molecular formula is C24H17ClFN3OS. The van der Waals surface area contributed by atoms with Crippen LogP contribution in [0.25, 0.3) is 27.6 Å². The molecule has 0 spiro atoms. The highest BCUT2D eigenvalue weighted by Gasteiger charge is 2.19. The lowest BCUT2D eigenvalue weighted by atomic mass is 10.2. The van der Waals surface area contributed by atoms with Crippen molar-refractivity contribution in [2.24, 2.45) is 0 Å². The van der Waals surface area contributed by atoms with Gasteiger partial charge in [-0.2, -0.15) is 0 Å². The Morgan fingerprint density at radius 1 is 1.06 bits per heavy atom. The maximum absolute atomic E-state index is 14.3. The average molecular weight is 450 g/mol. The maximum atomic E-state index is 14.3. The van der Waals surface area contributed by atoms with Crippen LogP contribution >= 0.6 is 23.4 Å². The fourth-order valence-corrected chi connectivity index (χ4v) is 5.01. The molecule has 0 radical (unpaired) electrons. The van der Waals surface area contributed by atoms with E-state index in [0.29, 0.717) is 26.8 Å². The predicted molar refractivity (Wildman–Crippen MR) is 125 cm³/mol.